The maximum absolute atomic E-state index is 14.3. The molecule has 0 amide bonds. The maximum Gasteiger partial charge on any atom is 0.348 e. The number of aliphatic hydroxyl groups is 1. The van der Waals surface area contributed by atoms with Crippen LogP contribution in [-0.4, -0.2) is 46.9 Å². The number of aromatic nitrogens is 2. The molecule has 9 heteroatoms. The Hall–Kier alpha value is -3.46. The summed E-state index contributed by atoms with van der Waals surface area (Å²) in [4.78, 5) is 21.1. The number of anilines is 1. The first-order valence-electron chi connectivity index (χ1n) is 14.3. The largest absolute Gasteiger partial charge is 0.497 e. The number of benzene rings is 2. The van der Waals surface area contributed by atoms with Crippen molar-refractivity contribution in [3.05, 3.63) is 64.5 Å². The normalized spacial score (nSPS) is 23.5. The molecule has 4 atom stereocenters. The third kappa shape index (κ3) is 5.57. The van der Waals surface area contributed by atoms with Crippen molar-refractivity contribution in [1.29, 1.82) is 0 Å². The maximum atomic E-state index is 14.3. The molecule has 3 aromatic rings. The van der Waals surface area contributed by atoms with Crippen LogP contribution in [0.25, 0.3) is 10.9 Å². The number of guanidine groups is 1. The number of nitrogens with one attached hydrogen (secondary N) is 3. The first kappa shape index (κ1) is 28.1. The van der Waals surface area contributed by atoms with Gasteiger partial charge in [-0.1, -0.05) is 26.8 Å². The summed E-state index contributed by atoms with van der Waals surface area (Å²) in [6.45, 7) is 8.22. The Morgan fingerprint density at radius 3 is 2.77 bits per heavy atom. The number of halogens is 1. The number of aliphatic hydroxyl groups excluding tert-OH is 1. The number of methoxy groups -OCH3 is 1. The quantitative estimate of drug-likeness (QED) is 0.186. The number of nitrogens with zero attached hydrogens (tertiary/aromatic N) is 2. The molecule has 214 valence electrons. The van der Waals surface area contributed by atoms with E-state index in [0.717, 1.165) is 29.9 Å². The van der Waals surface area contributed by atoms with E-state index in [1.165, 1.54) is 30.5 Å². The van der Waals surface area contributed by atoms with E-state index in [1.54, 1.807) is 18.2 Å². The lowest BCUT2D eigenvalue weighted by Gasteiger charge is -2.61. The fourth-order valence-electron chi connectivity index (χ4n) is 6.59. The molecular formula is C31H41FN5O3+. The van der Waals surface area contributed by atoms with Crippen LogP contribution < -0.4 is 25.9 Å². The highest BCUT2D eigenvalue weighted by Gasteiger charge is 2.57. The van der Waals surface area contributed by atoms with E-state index in [9.17, 15) is 14.3 Å². The van der Waals surface area contributed by atoms with Gasteiger partial charge in [-0.25, -0.2) is 14.7 Å². The zero-order valence-corrected chi connectivity index (χ0v) is 23.8. The molecule has 2 bridgehead atoms. The SMILES string of the molecule is COc1ccc(CCn2cnc3cc(NC(NC4C[C@@H]5CC([C@@H]4C)C5(C)C)=[NH+]CCCO)ccc3c2=O)c(F)c1. The fraction of sp³-hybridized carbons (Fsp3) is 0.516. The molecule has 3 saturated carbocycles. The van der Waals surface area contributed by atoms with Gasteiger partial charge in [0.15, 0.2) is 0 Å². The summed E-state index contributed by atoms with van der Waals surface area (Å²) in [5, 5.41) is 17.0. The van der Waals surface area contributed by atoms with E-state index in [1.807, 2.05) is 12.1 Å². The number of ether oxygens (including phenoxy) is 1. The summed E-state index contributed by atoms with van der Waals surface area (Å²) in [5.41, 5.74) is 2.17. The minimum Gasteiger partial charge on any atom is -0.497 e. The zero-order chi connectivity index (χ0) is 28.4. The van der Waals surface area contributed by atoms with E-state index in [0.29, 0.717) is 65.5 Å². The first-order chi connectivity index (χ1) is 19.2. The van der Waals surface area contributed by atoms with E-state index < -0.39 is 0 Å². The standard InChI is InChI=1S/C31H40FN5O3/c1-19-25-14-21(31(25,2)3)15-27(19)36-30(33-11-5-13-38)35-22-7-9-24-28(16-22)34-18-37(29(24)39)12-10-20-6-8-23(40-4)17-26(20)32/h6-9,16-19,21,25,27,38H,5,10-15H2,1-4H3,(H2,33,35,36)/p+1/t19-,21-,25?,27?/m0/s1. The van der Waals surface area contributed by atoms with Crippen molar-refractivity contribution < 1.29 is 19.2 Å². The number of rotatable bonds is 9. The first-order valence-corrected chi connectivity index (χ1v) is 14.3. The zero-order valence-electron chi connectivity index (χ0n) is 23.8. The van der Waals surface area contributed by atoms with Gasteiger partial charge in [0.05, 0.1) is 36.9 Å². The van der Waals surface area contributed by atoms with Crippen molar-refractivity contribution in [1.82, 2.24) is 14.9 Å². The van der Waals surface area contributed by atoms with Crippen molar-refractivity contribution in [2.24, 2.45) is 23.2 Å². The van der Waals surface area contributed by atoms with Gasteiger partial charge in [0.2, 0.25) is 0 Å². The highest BCUT2D eigenvalue weighted by Crippen LogP contribution is 2.61. The Morgan fingerprint density at radius 2 is 2.08 bits per heavy atom. The molecule has 1 heterocycles. The van der Waals surface area contributed by atoms with Crippen LogP contribution in [0.15, 0.2) is 47.5 Å². The number of hydrogen-bond acceptors (Lipinski definition) is 4. The van der Waals surface area contributed by atoms with Gasteiger partial charge in [-0.15, -0.1) is 0 Å². The third-order valence-electron chi connectivity index (χ3n) is 9.30. The van der Waals surface area contributed by atoms with Crippen LogP contribution in [0, 0.1) is 29.0 Å². The van der Waals surface area contributed by atoms with Crippen LogP contribution >= 0.6 is 0 Å². The molecule has 0 saturated heterocycles. The van der Waals surface area contributed by atoms with E-state index >= 15 is 0 Å². The number of aryl methyl sites for hydroxylation is 2. The van der Waals surface area contributed by atoms with E-state index in [2.05, 4.69) is 41.4 Å². The van der Waals surface area contributed by atoms with Crippen molar-refractivity contribution in [2.45, 2.75) is 59.0 Å². The van der Waals surface area contributed by atoms with Gasteiger partial charge in [0, 0.05) is 31.7 Å². The van der Waals surface area contributed by atoms with E-state index in [-0.39, 0.29) is 18.0 Å². The van der Waals surface area contributed by atoms with Gasteiger partial charge >= 0.3 is 5.96 Å². The Bertz CT molecular complexity index is 1450. The molecule has 2 unspecified atom stereocenters. The van der Waals surface area contributed by atoms with Crippen LogP contribution in [0.4, 0.5) is 10.1 Å². The lowest BCUT2D eigenvalue weighted by Crippen LogP contribution is -2.79. The van der Waals surface area contributed by atoms with Gasteiger partial charge in [-0.05, 0) is 66.2 Å². The Morgan fingerprint density at radius 1 is 1.25 bits per heavy atom. The van der Waals surface area contributed by atoms with Crippen LogP contribution in [0.5, 0.6) is 5.75 Å². The fourth-order valence-corrected chi connectivity index (χ4v) is 6.59. The third-order valence-corrected chi connectivity index (χ3v) is 9.30. The van der Waals surface area contributed by atoms with Crippen molar-refractivity contribution >= 4 is 22.5 Å². The molecule has 40 heavy (non-hydrogen) atoms. The summed E-state index contributed by atoms with van der Waals surface area (Å²) in [7, 11) is 1.50. The molecule has 8 nitrogen and oxygen atoms in total. The van der Waals surface area contributed by atoms with Gasteiger partial charge in [-0.3, -0.25) is 19.7 Å². The van der Waals surface area contributed by atoms with Crippen LogP contribution in [0.2, 0.25) is 0 Å². The van der Waals surface area contributed by atoms with E-state index in [4.69, 9.17) is 4.74 Å². The second kappa shape index (κ2) is 11.6. The van der Waals surface area contributed by atoms with Crippen LogP contribution in [0.3, 0.4) is 0 Å². The molecule has 2 aromatic carbocycles. The predicted octanol–water partition coefficient (Wildman–Crippen LogP) is 2.68. The predicted molar refractivity (Wildman–Crippen MR) is 155 cm³/mol. The molecule has 6 rings (SSSR count). The smallest absolute Gasteiger partial charge is 0.348 e. The average molecular weight is 551 g/mol. The summed E-state index contributed by atoms with van der Waals surface area (Å²) in [6, 6.07) is 10.6. The summed E-state index contributed by atoms with van der Waals surface area (Å²) >= 11 is 0. The number of hydrogen-bond donors (Lipinski definition) is 4. The Balaban J connectivity index is 1.30. The summed E-state index contributed by atoms with van der Waals surface area (Å²) < 4.78 is 20.9. The van der Waals surface area contributed by atoms with Crippen LogP contribution in [-0.2, 0) is 13.0 Å². The molecular weight excluding hydrogens is 509 g/mol. The van der Waals surface area contributed by atoms with Gasteiger partial charge in [-0.2, -0.15) is 0 Å². The second-order valence-electron chi connectivity index (χ2n) is 11.9. The minimum atomic E-state index is -0.353. The average Bonchev–Trinajstić information content (AvgIpc) is 2.94. The molecule has 4 N–H and O–H groups in total. The summed E-state index contributed by atoms with van der Waals surface area (Å²) in [5.74, 6) is 2.92. The van der Waals surface area contributed by atoms with Crippen molar-refractivity contribution in [3.8, 4) is 5.75 Å². The summed E-state index contributed by atoms with van der Waals surface area (Å²) in [6.07, 6.45) is 4.98. The lowest BCUT2D eigenvalue weighted by atomic mass is 9.45. The van der Waals surface area contributed by atoms with Gasteiger partial charge in [0.1, 0.15) is 17.3 Å². The second-order valence-corrected chi connectivity index (χ2v) is 11.9. The minimum absolute atomic E-state index is 0.121. The van der Waals surface area contributed by atoms with Crippen molar-refractivity contribution in [2.75, 3.05) is 25.6 Å². The topological polar surface area (TPSA) is 102 Å². The molecule has 1 aromatic heterocycles. The molecule has 0 spiro atoms. The van der Waals surface area contributed by atoms with Crippen LogP contribution in [0.1, 0.15) is 45.6 Å². The Kier molecular flexibility index (Phi) is 8.12. The molecule has 0 aliphatic heterocycles. The monoisotopic (exact) mass is 550 g/mol. The Labute approximate surface area is 234 Å². The highest BCUT2D eigenvalue weighted by molar-refractivity contribution is 5.92. The highest BCUT2D eigenvalue weighted by atomic mass is 19.1. The van der Waals surface area contributed by atoms with Gasteiger partial charge < -0.3 is 9.84 Å². The molecule has 0 radical (unpaired) electrons. The lowest BCUT2D eigenvalue weighted by molar-refractivity contribution is -0.460. The van der Waals surface area contributed by atoms with Gasteiger partial charge in [0.25, 0.3) is 5.56 Å². The number of fused-ring (bicyclic) bond motifs is 3. The molecule has 3 fully saturated rings. The molecule has 3 aliphatic rings. The van der Waals surface area contributed by atoms with Crippen molar-refractivity contribution in [3.63, 3.8) is 0 Å². The molecule has 3 aliphatic carbocycles.